The molecule has 0 saturated carbocycles. The first-order chi connectivity index (χ1) is 12.2. The SMILES string of the molecule is COC(=O)CSc1nnc2c3c(-c4ccc(F)cc4)csc3ncn12. The average molecular weight is 374 g/mol. The number of carbonyl (C=O) groups is 1. The van der Waals surface area contributed by atoms with Crippen molar-refractivity contribution in [3.05, 3.63) is 41.8 Å². The molecular weight excluding hydrogens is 363 g/mol. The van der Waals surface area contributed by atoms with Crippen molar-refractivity contribution in [2.75, 3.05) is 12.9 Å². The molecular formula is C16H11FN4O2S2. The molecule has 4 aromatic rings. The maximum atomic E-state index is 13.2. The van der Waals surface area contributed by atoms with E-state index < -0.39 is 0 Å². The third-order valence-electron chi connectivity index (χ3n) is 3.65. The summed E-state index contributed by atoms with van der Waals surface area (Å²) in [5.74, 6) is -0.474. The van der Waals surface area contributed by atoms with Gasteiger partial charge in [-0.25, -0.2) is 9.37 Å². The Labute approximate surface area is 149 Å². The summed E-state index contributed by atoms with van der Waals surface area (Å²) in [6.45, 7) is 0. The molecule has 0 unspecified atom stereocenters. The first-order valence-corrected chi connectivity index (χ1v) is 9.10. The Balaban J connectivity index is 1.83. The van der Waals surface area contributed by atoms with Crippen LogP contribution in [-0.2, 0) is 9.53 Å². The zero-order valence-electron chi connectivity index (χ0n) is 13.0. The number of hydrogen-bond acceptors (Lipinski definition) is 7. The molecule has 0 aliphatic rings. The summed E-state index contributed by atoms with van der Waals surface area (Å²) >= 11 is 2.72. The molecule has 0 atom stereocenters. The summed E-state index contributed by atoms with van der Waals surface area (Å²) in [6.07, 6.45) is 1.64. The summed E-state index contributed by atoms with van der Waals surface area (Å²) < 4.78 is 19.6. The average Bonchev–Trinajstić information content (AvgIpc) is 3.23. The number of esters is 1. The van der Waals surface area contributed by atoms with E-state index in [9.17, 15) is 9.18 Å². The number of hydrogen-bond donors (Lipinski definition) is 0. The molecule has 0 N–H and O–H groups in total. The second kappa shape index (κ2) is 6.41. The molecule has 0 aliphatic heterocycles. The lowest BCUT2D eigenvalue weighted by Gasteiger charge is -2.02. The van der Waals surface area contributed by atoms with Crippen molar-refractivity contribution in [3.63, 3.8) is 0 Å². The van der Waals surface area contributed by atoms with E-state index in [0.29, 0.717) is 10.8 Å². The zero-order valence-corrected chi connectivity index (χ0v) is 14.6. The Morgan fingerprint density at radius 3 is 2.88 bits per heavy atom. The van der Waals surface area contributed by atoms with Gasteiger partial charge in [-0.05, 0) is 17.7 Å². The van der Waals surface area contributed by atoms with Crippen molar-refractivity contribution in [2.45, 2.75) is 5.16 Å². The van der Waals surface area contributed by atoms with E-state index in [1.807, 2.05) is 5.38 Å². The van der Waals surface area contributed by atoms with Crippen LogP contribution in [0.15, 0.2) is 41.1 Å². The first kappa shape index (κ1) is 16.0. The quantitative estimate of drug-likeness (QED) is 0.403. The van der Waals surface area contributed by atoms with Crippen LogP contribution in [0.3, 0.4) is 0 Å². The van der Waals surface area contributed by atoms with Crippen molar-refractivity contribution in [1.82, 2.24) is 19.6 Å². The van der Waals surface area contributed by atoms with Gasteiger partial charge in [0.15, 0.2) is 10.8 Å². The number of thiophene rings is 1. The van der Waals surface area contributed by atoms with Gasteiger partial charge >= 0.3 is 5.97 Å². The van der Waals surface area contributed by atoms with Crippen LogP contribution >= 0.6 is 23.1 Å². The van der Waals surface area contributed by atoms with Gasteiger partial charge in [0.25, 0.3) is 0 Å². The summed E-state index contributed by atoms with van der Waals surface area (Å²) in [7, 11) is 1.34. The molecule has 0 aliphatic carbocycles. The van der Waals surface area contributed by atoms with E-state index in [1.54, 1.807) is 22.9 Å². The van der Waals surface area contributed by atoms with Gasteiger partial charge in [-0.3, -0.25) is 9.20 Å². The second-order valence-corrected chi connectivity index (χ2v) is 6.92. The third kappa shape index (κ3) is 2.85. The maximum Gasteiger partial charge on any atom is 0.316 e. The molecule has 0 bridgehead atoms. The number of fused-ring (bicyclic) bond motifs is 3. The highest BCUT2D eigenvalue weighted by Crippen LogP contribution is 2.35. The fourth-order valence-corrected chi connectivity index (χ4v) is 4.09. The number of benzene rings is 1. The third-order valence-corrected chi connectivity index (χ3v) is 5.46. The van der Waals surface area contributed by atoms with Crippen molar-refractivity contribution in [1.29, 1.82) is 0 Å². The topological polar surface area (TPSA) is 69.4 Å². The Morgan fingerprint density at radius 1 is 1.32 bits per heavy atom. The summed E-state index contributed by atoms with van der Waals surface area (Å²) in [4.78, 5) is 16.6. The van der Waals surface area contributed by atoms with Crippen LogP contribution in [0.25, 0.3) is 27.0 Å². The van der Waals surface area contributed by atoms with Crippen molar-refractivity contribution in [3.8, 4) is 11.1 Å². The predicted molar refractivity (Wildman–Crippen MR) is 94.3 cm³/mol. The fourth-order valence-electron chi connectivity index (χ4n) is 2.44. The van der Waals surface area contributed by atoms with Crippen LogP contribution in [0, 0.1) is 5.82 Å². The van der Waals surface area contributed by atoms with Gasteiger partial charge in [-0.15, -0.1) is 21.5 Å². The van der Waals surface area contributed by atoms with Crippen LogP contribution in [0.1, 0.15) is 0 Å². The minimum Gasteiger partial charge on any atom is -0.468 e. The monoisotopic (exact) mass is 374 g/mol. The van der Waals surface area contributed by atoms with Gasteiger partial charge in [0.05, 0.1) is 18.2 Å². The minimum atomic E-state index is -0.335. The summed E-state index contributed by atoms with van der Waals surface area (Å²) in [5.41, 5.74) is 2.46. The van der Waals surface area contributed by atoms with Gasteiger partial charge < -0.3 is 4.74 Å². The molecule has 0 saturated heterocycles. The molecule has 0 radical (unpaired) electrons. The molecule has 3 heterocycles. The first-order valence-electron chi connectivity index (χ1n) is 7.24. The van der Waals surface area contributed by atoms with Gasteiger partial charge in [0, 0.05) is 10.9 Å². The predicted octanol–water partition coefficient (Wildman–Crippen LogP) is 3.41. The molecule has 0 amide bonds. The lowest BCUT2D eigenvalue weighted by Crippen LogP contribution is -2.03. The van der Waals surface area contributed by atoms with E-state index in [4.69, 9.17) is 0 Å². The highest BCUT2D eigenvalue weighted by molar-refractivity contribution is 7.99. The zero-order chi connectivity index (χ0) is 17.4. The number of methoxy groups -OCH3 is 1. The van der Waals surface area contributed by atoms with Gasteiger partial charge in [0.1, 0.15) is 17.0 Å². The number of ether oxygens (including phenoxy) is 1. The molecule has 3 aromatic heterocycles. The molecule has 0 fully saturated rings. The van der Waals surface area contributed by atoms with Gasteiger partial charge in [0.2, 0.25) is 0 Å². The molecule has 25 heavy (non-hydrogen) atoms. The lowest BCUT2D eigenvalue weighted by atomic mass is 10.1. The van der Waals surface area contributed by atoms with E-state index in [1.165, 1.54) is 42.3 Å². The largest absolute Gasteiger partial charge is 0.468 e. The van der Waals surface area contributed by atoms with Crippen LogP contribution in [0.5, 0.6) is 0 Å². The number of aromatic nitrogens is 4. The second-order valence-electron chi connectivity index (χ2n) is 5.12. The van der Waals surface area contributed by atoms with Gasteiger partial charge in [-0.1, -0.05) is 23.9 Å². The molecule has 4 rings (SSSR count). The lowest BCUT2D eigenvalue weighted by molar-refractivity contribution is -0.137. The normalized spacial score (nSPS) is 11.3. The Kier molecular flexibility index (Phi) is 4.10. The molecule has 126 valence electrons. The standard InChI is InChI=1S/C16H11FN4O2S2/c1-23-12(22)7-25-16-20-19-14-13-11(9-2-4-10(17)5-3-9)6-24-15(13)18-8-21(14)16/h2-6,8H,7H2,1H3. The number of nitrogens with zero attached hydrogens (tertiary/aromatic N) is 4. The van der Waals surface area contributed by atoms with Crippen LogP contribution < -0.4 is 0 Å². The highest BCUT2D eigenvalue weighted by Gasteiger charge is 2.16. The Bertz CT molecular complexity index is 1080. The molecule has 0 spiro atoms. The molecule has 1 aromatic carbocycles. The van der Waals surface area contributed by atoms with E-state index >= 15 is 0 Å². The molecule has 9 heteroatoms. The number of thioether (sulfide) groups is 1. The minimum absolute atomic E-state index is 0.143. The van der Waals surface area contributed by atoms with Crippen molar-refractivity contribution in [2.24, 2.45) is 0 Å². The summed E-state index contributed by atoms with van der Waals surface area (Å²) in [5, 5.41) is 11.8. The number of halogens is 1. The Morgan fingerprint density at radius 2 is 2.12 bits per heavy atom. The highest BCUT2D eigenvalue weighted by atomic mass is 32.2. The van der Waals surface area contributed by atoms with E-state index in [2.05, 4.69) is 19.9 Å². The fraction of sp³-hybridized carbons (Fsp3) is 0.125. The number of rotatable bonds is 4. The maximum absolute atomic E-state index is 13.2. The molecule has 6 nitrogen and oxygen atoms in total. The van der Waals surface area contributed by atoms with Gasteiger partial charge in [-0.2, -0.15) is 0 Å². The van der Waals surface area contributed by atoms with Crippen molar-refractivity contribution >= 4 is 44.9 Å². The summed E-state index contributed by atoms with van der Waals surface area (Å²) in [6, 6.07) is 6.30. The van der Waals surface area contributed by atoms with Crippen LogP contribution in [-0.4, -0.2) is 38.4 Å². The Hall–Kier alpha value is -2.52. The van der Waals surface area contributed by atoms with Crippen LogP contribution in [0.4, 0.5) is 4.39 Å². The number of carbonyl (C=O) groups excluding carboxylic acids is 1. The van der Waals surface area contributed by atoms with Crippen molar-refractivity contribution < 1.29 is 13.9 Å². The van der Waals surface area contributed by atoms with E-state index in [-0.39, 0.29) is 17.5 Å². The van der Waals surface area contributed by atoms with E-state index in [0.717, 1.165) is 21.3 Å². The van der Waals surface area contributed by atoms with Crippen LogP contribution in [0.2, 0.25) is 0 Å². The smallest absolute Gasteiger partial charge is 0.316 e.